The Hall–Kier alpha value is -3.92. The first-order valence-electron chi connectivity index (χ1n) is 14.3. The lowest BCUT2D eigenvalue weighted by Crippen LogP contribution is -2.42. The van der Waals surface area contributed by atoms with Crippen molar-refractivity contribution in [2.75, 3.05) is 44.7 Å². The molecule has 2 saturated heterocycles. The van der Waals surface area contributed by atoms with Crippen molar-refractivity contribution in [2.45, 2.75) is 44.6 Å². The quantitative estimate of drug-likeness (QED) is 0.345. The van der Waals surface area contributed by atoms with E-state index in [9.17, 15) is 19.6 Å². The van der Waals surface area contributed by atoms with Crippen molar-refractivity contribution in [3.63, 3.8) is 0 Å². The maximum atomic E-state index is 13.5. The second kappa shape index (κ2) is 11.8. The van der Waals surface area contributed by atoms with Crippen molar-refractivity contribution >= 4 is 33.8 Å². The van der Waals surface area contributed by atoms with Crippen LogP contribution in [-0.4, -0.2) is 86.0 Å². The summed E-state index contributed by atoms with van der Waals surface area (Å²) in [5.74, 6) is 0.882. The number of nitriles is 1. The molecule has 42 heavy (non-hydrogen) atoms. The van der Waals surface area contributed by atoms with Gasteiger partial charge in [0.25, 0.3) is 0 Å². The SMILES string of the molecule is CCc1nc2cnc(C3CCN(CC(=O)N4CC[C@H](O)C4)CC3)cn2c1N(C)c1nc(-c2ccc(F)cc2)c(C#N)s1. The minimum absolute atomic E-state index is 0.0899. The fourth-order valence-electron chi connectivity index (χ4n) is 5.88. The molecule has 1 N–H and O–H groups in total. The van der Waals surface area contributed by atoms with Crippen LogP contribution in [0.25, 0.3) is 16.9 Å². The molecule has 0 unspecified atom stereocenters. The Morgan fingerprint density at radius 3 is 2.62 bits per heavy atom. The fourth-order valence-corrected chi connectivity index (χ4v) is 6.73. The van der Waals surface area contributed by atoms with Crippen LogP contribution < -0.4 is 4.90 Å². The van der Waals surface area contributed by atoms with E-state index in [1.165, 1.54) is 23.5 Å². The molecule has 0 spiro atoms. The number of carbonyl (C=O) groups excluding carboxylic acids is 1. The first-order chi connectivity index (χ1) is 20.3. The smallest absolute Gasteiger partial charge is 0.236 e. The van der Waals surface area contributed by atoms with E-state index >= 15 is 0 Å². The summed E-state index contributed by atoms with van der Waals surface area (Å²) in [5, 5.41) is 20.2. The van der Waals surface area contributed by atoms with Crippen LogP contribution in [0.1, 0.15) is 48.4 Å². The molecular formula is C30H33FN8O2S. The lowest BCUT2D eigenvalue weighted by molar-refractivity contribution is -0.132. The highest BCUT2D eigenvalue weighted by Gasteiger charge is 2.29. The van der Waals surface area contributed by atoms with E-state index in [0.717, 1.165) is 48.8 Å². The Morgan fingerprint density at radius 1 is 1.19 bits per heavy atom. The van der Waals surface area contributed by atoms with Gasteiger partial charge in [-0.25, -0.2) is 14.4 Å². The van der Waals surface area contributed by atoms with Crippen molar-refractivity contribution in [3.8, 4) is 17.3 Å². The molecule has 12 heteroatoms. The molecule has 10 nitrogen and oxygen atoms in total. The van der Waals surface area contributed by atoms with Crippen LogP contribution in [0, 0.1) is 17.1 Å². The van der Waals surface area contributed by atoms with Crippen molar-refractivity contribution in [2.24, 2.45) is 0 Å². The largest absolute Gasteiger partial charge is 0.391 e. The summed E-state index contributed by atoms with van der Waals surface area (Å²) in [6, 6.07) is 8.25. The molecule has 3 aromatic heterocycles. The second-order valence-corrected chi connectivity index (χ2v) is 11.9. The number of piperidine rings is 1. The number of benzene rings is 1. The number of aryl methyl sites for hydroxylation is 1. The van der Waals surface area contributed by atoms with E-state index in [-0.39, 0.29) is 17.6 Å². The summed E-state index contributed by atoms with van der Waals surface area (Å²) >= 11 is 1.29. The van der Waals surface area contributed by atoms with Gasteiger partial charge in [0.1, 0.15) is 28.3 Å². The molecule has 6 rings (SSSR count). The van der Waals surface area contributed by atoms with E-state index in [4.69, 9.17) is 15.0 Å². The minimum atomic E-state index is -0.401. The highest BCUT2D eigenvalue weighted by Crippen LogP contribution is 2.37. The number of halogens is 1. The molecule has 2 fully saturated rings. The number of aliphatic hydroxyl groups is 1. The highest BCUT2D eigenvalue weighted by atomic mass is 32.1. The Morgan fingerprint density at radius 2 is 1.95 bits per heavy atom. The van der Waals surface area contributed by atoms with Gasteiger partial charge in [-0.2, -0.15) is 5.26 Å². The number of aliphatic hydroxyl groups excluding tert-OH is 1. The van der Waals surface area contributed by atoms with E-state index in [2.05, 4.69) is 28.5 Å². The summed E-state index contributed by atoms with van der Waals surface area (Å²) in [6.45, 7) is 5.14. The Labute approximate surface area is 247 Å². The van der Waals surface area contributed by atoms with Crippen molar-refractivity contribution in [3.05, 3.63) is 58.7 Å². The monoisotopic (exact) mass is 588 g/mol. The predicted octanol–water partition coefficient (Wildman–Crippen LogP) is 3.97. The lowest BCUT2D eigenvalue weighted by Gasteiger charge is -2.32. The summed E-state index contributed by atoms with van der Waals surface area (Å²) in [7, 11) is 1.92. The zero-order valence-corrected chi connectivity index (χ0v) is 24.5. The van der Waals surface area contributed by atoms with Gasteiger partial charge in [0.05, 0.1) is 30.2 Å². The Bertz CT molecular complexity index is 1640. The summed E-state index contributed by atoms with van der Waals surface area (Å²) < 4.78 is 15.6. The Balaban J connectivity index is 1.22. The zero-order valence-electron chi connectivity index (χ0n) is 23.7. The van der Waals surface area contributed by atoms with E-state index in [0.29, 0.717) is 53.7 Å². The van der Waals surface area contributed by atoms with E-state index < -0.39 is 6.10 Å². The van der Waals surface area contributed by atoms with Crippen LogP contribution in [-0.2, 0) is 11.2 Å². The van der Waals surface area contributed by atoms with Gasteiger partial charge in [-0.05, 0) is 63.0 Å². The van der Waals surface area contributed by atoms with Gasteiger partial charge < -0.3 is 14.9 Å². The number of nitrogens with zero attached hydrogens (tertiary/aromatic N) is 8. The molecule has 5 heterocycles. The molecule has 0 saturated carbocycles. The average molecular weight is 589 g/mol. The summed E-state index contributed by atoms with van der Waals surface area (Å²) in [4.78, 5) is 33.4. The molecular weight excluding hydrogens is 555 g/mol. The molecule has 0 bridgehead atoms. The molecule has 0 aliphatic carbocycles. The van der Waals surface area contributed by atoms with Crippen LogP contribution in [0.2, 0.25) is 0 Å². The maximum Gasteiger partial charge on any atom is 0.236 e. The number of aromatic nitrogens is 4. The average Bonchev–Trinajstić information content (AvgIpc) is 3.73. The molecule has 0 radical (unpaired) electrons. The number of anilines is 2. The number of fused-ring (bicyclic) bond motifs is 1. The van der Waals surface area contributed by atoms with E-state index in [1.807, 2.05) is 18.1 Å². The van der Waals surface area contributed by atoms with Crippen LogP contribution in [0.15, 0.2) is 36.7 Å². The third-order valence-corrected chi connectivity index (χ3v) is 9.26. The van der Waals surface area contributed by atoms with Crippen LogP contribution in [0.3, 0.4) is 0 Å². The van der Waals surface area contributed by atoms with Crippen molar-refractivity contribution < 1.29 is 14.3 Å². The Kier molecular flexibility index (Phi) is 7.90. The molecule has 2 aliphatic rings. The third kappa shape index (κ3) is 5.47. The van der Waals surface area contributed by atoms with Gasteiger partial charge in [-0.15, -0.1) is 0 Å². The molecule has 1 aromatic carbocycles. The second-order valence-electron chi connectivity index (χ2n) is 11.0. The van der Waals surface area contributed by atoms with Gasteiger partial charge in [0.15, 0.2) is 10.8 Å². The number of rotatable bonds is 7. The number of hydrogen-bond acceptors (Lipinski definition) is 9. The normalized spacial score (nSPS) is 18.1. The summed E-state index contributed by atoms with van der Waals surface area (Å²) in [5.41, 5.74) is 3.84. The zero-order chi connectivity index (χ0) is 29.4. The fraction of sp³-hybridized carbons (Fsp3) is 0.433. The summed E-state index contributed by atoms with van der Waals surface area (Å²) in [6.07, 6.45) is 6.63. The van der Waals surface area contributed by atoms with Gasteiger partial charge in [-0.1, -0.05) is 18.3 Å². The molecule has 4 aromatic rings. The molecule has 1 amide bonds. The first kappa shape index (κ1) is 28.2. The number of hydrogen-bond donors (Lipinski definition) is 1. The number of thiazole rings is 1. The lowest BCUT2D eigenvalue weighted by atomic mass is 9.94. The standard InChI is InChI=1S/C30H33FN8O2S/c1-3-23-29(36(2)30-35-28(25(14-32)42-30)20-4-6-21(31)7-5-20)39-17-24(33-15-26(39)34-23)19-8-11-37(12-9-19)18-27(41)38-13-10-22(40)16-38/h4-7,15,17,19,22,40H,3,8-13,16,18H2,1-2H3/t22-/m0/s1. The van der Waals surface area contributed by atoms with Crippen LogP contribution in [0.4, 0.5) is 15.3 Å². The molecule has 1 atom stereocenters. The molecule has 2 aliphatic heterocycles. The first-order valence-corrected chi connectivity index (χ1v) is 15.1. The van der Waals surface area contributed by atoms with Crippen LogP contribution >= 0.6 is 11.3 Å². The molecule has 218 valence electrons. The number of amides is 1. The van der Waals surface area contributed by atoms with Crippen molar-refractivity contribution in [1.29, 1.82) is 5.26 Å². The van der Waals surface area contributed by atoms with Gasteiger partial charge in [0, 0.05) is 37.8 Å². The maximum absolute atomic E-state index is 13.5. The number of imidazole rings is 1. The van der Waals surface area contributed by atoms with E-state index in [1.54, 1.807) is 17.0 Å². The number of carbonyl (C=O) groups is 1. The van der Waals surface area contributed by atoms with Gasteiger partial charge in [-0.3, -0.25) is 19.1 Å². The topological polar surface area (TPSA) is 114 Å². The number of β-amino-alcohol motifs (C(OH)–C–C–N with tert-alkyl or cyclic N) is 1. The van der Waals surface area contributed by atoms with Gasteiger partial charge in [0.2, 0.25) is 5.91 Å². The van der Waals surface area contributed by atoms with Gasteiger partial charge >= 0.3 is 0 Å². The predicted molar refractivity (Wildman–Crippen MR) is 158 cm³/mol. The minimum Gasteiger partial charge on any atom is -0.391 e. The van der Waals surface area contributed by atoms with Crippen LogP contribution in [0.5, 0.6) is 0 Å². The third-order valence-electron chi connectivity index (χ3n) is 8.23. The number of likely N-dealkylation sites (tertiary alicyclic amines) is 2. The highest BCUT2D eigenvalue weighted by molar-refractivity contribution is 7.16. The van der Waals surface area contributed by atoms with Crippen molar-refractivity contribution in [1.82, 2.24) is 29.2 Å².